The molecule has 0 unspecified atom stereocenters. The van der Waals surface area contributed by atoms with E-state index in [4.69, 9.17) is 4.74 Å². The zero-order chi connectivity index (χ0) is 21.5. The number of nitrogens with zero attached hydrogens (tertiary/aromatic N) is 2. The molecule has 0 bridgehead atoms. The molecule has 8 heteroatoms. The molecule has 2 amide bonds. The molecule has 1 aliphatic heterocycles. The number of hydrogen-bond donors (Lipinski definition) is 3. The molecule has 0 spiro atoms. The number of fused-ring (bicyclic) bond motifs is 1. The fourth-order valence-corrected chi connectivity index (χ4v) is 3.44. The third-order valence-corrected chi connectivity index (χ3v) is 5.10. The van der Waals surface area contributed by atoms with Crippen LogP contribution in [-0.2, 0) is 9.53 Å². The number of ether oxygens (including phenoxy) is 1. The maximum atomic E-state index is 12.4. The molecule has 0 saturated carbocycles. The topological polar surface area (TPSA) is 99.3 Å². The Labute approximate surface area is 180 Å². The molecule has 1 aliphatic rings. The molecule has 1 aromatic heterocycles. The molecule has 0 atom stereocenters. The fraction of sp³-hybridized carbons (Fsp3) is 0.261. The van der Waals surface area contributed by atoms with Gasteiger partial charge in [-0.05, 0) is 30.3 Å². The summed E-state index contributed by atoms with van der Waals surface area (Å²) in [7, 11) is 0. The predicted octanol–water partition coefficient (Wildman–Crippen LogP) is 2.28. The van der Waals surface area contributed by atoms with E-state index in [1.165, 1.54) is 6.08 Å². The average Bonchev–Trinajstić information content (AvgIpc) is 3.22. The Morgan fingerprint density at radius 1 is 1.13 bits per heavy atom. The highest BCUT2D eigenvalue weighted by Crippen LogP contribution is 2.16. The summed E-state index contributed by atoms with van der Waals surface area (Å²) in [4.78, 5) is 27.0. The second-order valence-corrected chi connectivity index (χ2v) is 7.27. The first kappa shape index (κ1) is 20.8. The molecule has 160 valence electrons. The summed E-state index contributed by atoms with van der Waals surface area (Å²) in [5.41, 5.74) is 2.67. The first-order chi connectivity index (χ1) is 15.2. The molecule has 3 aromatic rings. The largest absolute Gasteiger partial charge is 0.379 e. The van der Waals surface area contributed by atoms with E-state index in [1.54, 1.807) is 30.3 Å². The maximum Gasteiger partial charge on any atom is 0.251 e. The zero-order valence-corrected chi connectivity index (χ0v) is 17.1. The molecule has 3 N–H and O–H groups in total. The van der Waals surface area contributed by atoms with Gasteiger partial charge in [0, 0.05) is 48.9 Å². The smallest absolute Gasteiger partial charge is 0.251 e. The van der Waals surface area contributed by atoms with Crippen LogP contribution in [0.1, 0.15) is 16.1 Å². The Bertz CT molecular complexity index is 1090. The molecule has 1 fully saturated rings. The number of para-hydroxylation sites is 1. The number of H-pyrrole nitrogens is 1. The average molecular weight is 419 g/mol. The first-order valence-electron chi connectivity index (χ1n) is 10.3. The highest BCUT2D eigenvalue weighted by Gasteiger charge is 2.11. The summed E-state index contributed by atoms with van der Waals surface area (Å²) in [6, 6.07) is 14.6. The van der Waals surface area contributed by atoms with Crippen molar-refractivity contribution in [3.63, 3.8) is 0 Å². The number of anilines is 1. The highest BCUT2D eigenvalue weighted by atomic mass is 16.5. The third-order valence-electron chi connectivity index (χ3n) is 5.10. The number of rotatable bonds is 7. The van der Waals surface area contributed by atoms with Crippen LogP contribution in [0.25, 0.3) is 17.0 Å². The fourth-order valence-electron chi connectivity index (χ4n) is 3.44. The molecule has 0 radical (unpaired) electrons. The van der Waals surface area contributed by atoms with Crippen LogP contribution in [0.2, 0.25) is 0 Å². The summed E-state index contributed by atoms with van der Waals surface area (Å²) < 4.78 is 5.33. The van der Waals surface area contributed by atoms with Crippen molar-refractivity contribution in [2.75, 3.05) is 44.7 Å². The summed E-state index contributed by atoms with van der Waals surface area (Å²) in [6.45, 7) is 4.60. The number of carbonyl (C=O) groups excluding carboxylic acids is 2. The van der Waals surface area contributed by atoms with Crippen LogP contribution < -0.4 is 10.6 Å². The standard InChI is InChI=1S/C23H25N5O3/c29-22(9-8-21-19-6-1-2-7-20(19)26-27-21)25-18-5-3-4-17(16-18)23(30)24-10-11-28-12-14-31-15-13-28/h1-9,16H,10-15H2,(H,24,30)(H,25,29)(H,26,27). The van der Waals surface area contributed by atoms with Gasteiger partial charge in [-0.25, -0.2) is 0 Å². The van der Waals surface area contributed by atoms with Gasteiger partial charge in [0.2, 0.25) is 5.91 Å². The lowest BCUT2D eigenvalue weighted by Crippen LogP contribution is -2.41. The summed E-state index contributed by atoms with van der Waals surface area (Å²) in [5, 5.41) is 13.8. The monoisotopic (exact) mass is 419 g/mol. The number of morpholine rings is 1. The van der Waals surface area contributed by atoms with Crippen LogP contribution in [0.15, 0.2) is 54.6 Å². The highest BCUT2D eigenvalue weighted by molar-refractivity contribution is 6.04. The number of benzene rings is 2. The van der Waals surface area contributed by atoms with Gasteiger partial charge in [-0.3, -0.25) is 19.6 Å². The molecular weight excluding hydrogens is 394 g/mol. The number of carbonyl (C=O) groups is 2. The minimum atomic E-state index is -0.294. The van der Waals surface area contributed by atoms with Crippen molar-refractivity contribution in [1.29, 1.82) is 0 Å². The Morgan fingerprint density at radius 3 is 2.84 bits per heavy atom. The van der Waals surface area contributed by atoms with Crippen molar-refractivity contribution in [3.8, 4) is 0 Å². The van der Waals surface area contributed by atoms with Gasteiger partial charge >= 0.3 is 0 Å². The van der Waals surface area contributed by atoms with E-state index in [9.17, 15) is 9.59 Å². The quantitative estimate of drug-likeness (QED) is 0.510. The molecule has 4 rings (SSSR count). The van der Waals surface area contributed by atoms with Crippen LogP contribution in [0.3, 0.4) is 0 Å². The van der Waals surface area contributed by atoms with Crippen molar-refractivity contribution in [2.24, 2.45) is 0 Å². The van der Waals surface area contributed by atoms with E-state index in [2.05, 4.69) is 25.7 Å². The van der Waals surface area contributed by atoms with Gasteiger partial charge in [0.05, 0.1) is 24.4 Å². The van der Waals surface area contributed by atoms with Crippen LogP contribution in [0, 0.1) is 0 Å². The van der Waals surface area contributed by atoms with Gasteiger partial charge in [-0.15, -0.1) is 0 Å². The van der Waals surface area contributed by atoms with Crippen LogP contribution in [0.5, 0.6) is 0 Å². The molecule has 0 aliphatic carbocycles. The number of hydrogen-bond acceptors (Lipinski definition) is 5. The Kier molecular flexibility index (Phi) is 6.71. The van der Waals surface area contributed by atoms with Crippen molar-refractivity contribution in [2.45, 2.75) is 0 Å². The summed E-state index contributed by atoms with van der Waals surface area (Å²) in [6.07, 6.45) is 3.09. The number of nitrogens with one attached hydrogen (secondary N) is 3. The third kappa shape index (κ3) is 5.56. The lowest BCUT2D eigenvalue weighted by atomic mass is 10.2. The van der Waals surface area contributed by atoms with E-state index in [0.717, 1.165) is 43.8 Å². The molecule has 8 nitrogen and oxygen atoms in total. The summed E-state index contributed by atoms with van der Waals surface area (Å²) >= 11 is 0. The molecular formula is C23H25N5O3. The minimum Gasteiger partial charge on any atom is -0.379 e. The van der Waals surface area contributed by atoms with E-state index in [0.29, 0.717) is 23.5 Å². The second kappa shape index (κ2) is 10.0. The van der Waals surface area contributed by atoms with E-state index >= 15 is 0 Å². The molecule has 2 aromatic carbocycles. The van der Waals surface area contributed by atoms with Crippen LogP contribution >= 0.6 is 0 Å². The van der Waals surface area contributed by atoms with Gasteiger partial charge in [0.15, 0.2) is 0 Å². The predicted molar refractivity (Wildman–Crippen MR) is 120 cm³/mol. The second-order valence-electron chi connectivity index (χ2n) is 7.27. The van der Waals surface area contributed by atoms with Gasteiger partial charge in [0.25, 0.3) is 5.91 Å². The van der Waals surface area contributed by atoms with Crippen molar-refractivity contribution < 1.29 is 14.3 Å². The number of amides is 2. The Balaban J connectivity index is 1.31. The van der Waals surface area contributed by atoms with Crippen LogP contribution in [0.4, 0.5) is 5.69 Å². The van der Waals surface area contributed by atoms with Crippen LogP contribution in [-0.4, -0.2) is 66.3 Å². The normalized spacial score (nSPS) is 14.7. The van der Waals surface area contributed by atoms with Gasteiger partial charge < -0.3 is 15.4 Å². The molecule has 31 heavy (non-hydrogen) atoms. The lowest BCUT2D eigenvalue weighted by molar-refractivity contribution is -0.111. The van der Waals surface area contributed by atoms with E-state index in [1.807, 2.05) is 24.3 Å². The van der Waals surface area contributed by atoms with Gasteiger partial charge in [-0.1, -0.05) is 24.3 Å². The summed E-state index contributed by atoms with van der Waals surface area (Å²) in [5.74, 6) is -0.458. The zero-order valence-electron chi connectivity index (χ0n) is 17.1. The number of aromatic nitrogens is 2. The number of aromatic amines is 1. The maximum absolute atomic E-state index is 12.4. The molecule has 1 saturated heterocycles. The van der Waals surface area contributed by atoms with Crippen molar-refractivity contribution >= 4 is 34.5 Å². The van der Waals surface area contributed by atoms with Crippen molar-refractivity contribution in [1.82, 2.24) is 20.4 Å². The van der Waals surface area contributed by atoms with Gasteiger partial charge in [-0.2, -0.15) is 5.10 Å². The molecule has 2 heterocycles. The Morgan fingerprint density at radius 2 is 1.97 bits per heavy atom. The minimum absolute atomic E-state index is 0.164. The Hall–Kier alpha value is -3.49. The lowest BCUT2D eigenvalue weighted by Gasteiger charge is -2.26. The first-order valence-corrected chi connectivity index (χ1v) is 10.3. The SMILES string of the molecule is O=C(C=Cc1n[nH]c2ccccc12)Nc1cccc(C(=O)NCCN2CCOCC2)c1. The van der Waals surface area contributed by atoms with E-state index < -0.39 is 0 Å². The van der Waals surface area contributed by atoms with Crippen molar-refractivity contribution in [3.05, 3.63) is 65.9 Å². The van der Waals surface area contributed by atoms with E-state index in [-0.39, 0.29) is 11.8 Å². The van der Waals surface area contributed by atoms with Gasteiger partial charge in [0.1, 0.15) is 0 Å².